The largest absolute Gasteiger partial charge is 0.496 e. The van der Waals surface area contributed by atoms with Gasteiger partial charge in [-0.15, -0.1) is 0 Å². The van der Waals surface area contributed by atoms with Crippen LogP contribution in [0.5, 0.6) is 11.5 Å². The summed E-state index contributed by atoms with van der Waals surface area (Å²) >= 11 is 0. The molecule has 4 nitrogen and oxygen atoms in total. The zero-order valence-electron chi connectivity index (χ0n) is 16.2. The molecule has 0 aliphatic carbocycles. The van der Waals surface area contributed by atoms with Crippen LogP contribution in [0.2, 0.25) is 0 Å². The number of hydrogen-bond donors (Lipinski definition) is 0. The Morgan fingerprint density at radius 3 is 2.04 bits per heavy atom. The molecule has 1 atom stereocenters. The molecule has 0 bridgehead atoms. The number of ether oxygens (including phenoxy) is 2. The van der Waals surface area contributed by atoms with Gasteiger partial charge in [0.2, 0.25) is 5.52 Å². The zero-order valence-corrected chi connectivity index (χ0v) is 17.2. The summed E-state index contributed by atoms with van der Waals surface area (Å²) in [4.78, 5) is 12.6. The van der Waals surface area contributed by atoms with Gasteiger partial charge < -0.3 is 14.0 Å². The van der Waals surface area contributed by atoms with Crippen LogP contribution in [0.1, 0.15) is 48.0 Å². The number of carbonyl (C=O) groups excluding carboxylic acids is 1. The lowest BCUT2D eigenvalue weighted by molar-refractivity contribution is 0.107. The van der Waals surface area contributed by atoms with Gasteiger partial charge in [-0.05, 0) is 37.0 Å². The van der Waals surface area contributed by atoms with Gasteiger partial charge in [0.15, 0.2) is 0 Å². The summed E-state index contributed by atoms with van der Waals surface area (Å²) in [6.45, 7) is 0. The molecular weight excluding hydrogens is 359 g/mol. The van der Waals surface area contributed by atoms with Crippen LogP contribution in [0.3, 0.4) is 0 Å². The molecule has 5 heteroatoms. The highest BCUT2D eigenvalue weighted by molar-refractivity contribution is 7.64. The Kier molecular flexibility index (Phi) is 9.13. The predicted molar refractivity (Wildman–Crippen MR) is 111 cm³/mol. The van der Waals surface area contributed by atoms with Crippen LogP contribution < -0.4 is 9.47 Å². The fourth-order valence-electron chi connectivity index (χ4n) is 3.12. The van der Waals surface area contributed by atoms with E-state index >= 15 is 0 Å². The van der Waals surface area contributed by atoms with Crippen LogP contribution in [0, 0.1) is 0 Å². The Bertz CT molecular complexity index is 721. The summed E-state index contributed by atoms with van der Waals surface area (Å²) < 4.78 is 23.0. The Balaban J connectivity index is 1.72. The molecule has 0 N–H and O–H groups in total. The highest BCUT2D eigenvalue weighted by Crippen LogP contribution is 2.37. The molecule has 146 valence electrons. The van der Waals surface area contributed by atoms with Gasteiger partial charge in [-0.3, -0.25) is 4.79 Å². The summed E-state index contributed by atoms with van der Waals surface area (Å²) in [5, 5.41) is 0. The molecule has 0 amide bonds. The quantitative estimate of drug-likeness (QED) is 0.351. The molecule has 0 fully saturated rings. The summed E-state index contributed by atoms with van der Waals surface area (Å²) in [6, 6.07) is 15.6. The second-order valence-electron chi connectivity index (χ2n) is 6.54. The minimum absolute atomic E-state index is 0.300. The average molecular weight is 388 g/mol. The van der Waals surface area contributed by atoms with Gasteiger partial charge in [0, 0.05) is 6.16 Å². The van der Waals surface area contributed by atoms with Crippen molar-refractivity contribution >= 4 is 13.3 Å². The topological polar surface area (TPSA) is 52.6 Å². The average Bonchev–Trinajstić information content (AvgIpc) is 2.72. The van der Waals surface area contributed by atoms with E-state index in [4.69, 9.17) is 9.47 Å². The van der Waals surface area contributed by atoms with Crippen molar-refractivity contribution < 1.29 is 18.8 Å². The zero-order chi connectivity index (χ0) is 19.5. The minimum atomic E-state index is -2.37. The third-order valence-electron chi connectivity index (χ3n) is 4.62. The molecular formula is C22H29O4P. The Morgan fingerprint density at radius 2 is 1.41 bits per heavy atom. The molecule has 1 unspecified atom stereocenters. The van der Waals surface area contributed by atoms with Crippen LogP contribution in [0.4, 0.5) is 0 Å². The van der Waals surface area contributed by atoms with E-state index < -0.39 is 7.80 Å². The first kappa shape index (κ1) is 21.2. The smallest absolute Gasteiger partial charge is 0.225 e. The molecule has 27 heavy (non-hydrogen) atoms. The van der Waals surface area contributed by atoms with Gasteiger partial charge >= 0.3 is 0 Å². The monoisotopic (exact) mass is 388 g/mol. The van der Waals surface area contributed by atoms with Gasteiger partial charge in [0.05, 0.1) is 14.2 Å². The third-order valence-corrected chi connectivity index (χ3v) is 6.18. The van der Waals surface area contributed by atoms with Crippen LogP contribution >= 0.6 is 7.80 Å². The van der Waals surface area contributed by atoms with E-state index in [0.29, 0.717) is 23.2 Å². The van der Waals surface area contributed by atoms with Crippen molar-refractivity contribution in [1.29, 1.82) is 0 Å². The third kappa shape index (κ3) is 6.55. The molecule has 2 rings (SSSR count). The maximum absolute atomic E-state index is 12.6. The molecule has 0 aromatic heterocycles. The second kappa shape index (κ2) is 11.6. The van der Waals surface area contributed by atoms with Crippen molar-refractivity contribution in [2.24, 2.45) is 0 Å². The fraction of sp³-hybridized carbons (Fsp3) is 0.409. The van der Waals surface area contributed by atoms with Gasteiger partial charge in [0.25, 0.3) is 0 Å². The first-order valence-corrected chi connectivity index (χ1v) is 11.1. The van der Waals surface area contributed by atoms with Gasteiger partial charge in [-0.2, -0.15) is 0 Å². The second-order valence-corrected chi connectivity index (χ2v) is 8.34. The van der Waals surface area contributed by atoms with E-state index in [1.165, 1.54) is 19.8 Å². The van der Waals surface area contributed by atoms with Crippen LogP contribution in [-0.2, 0) is 11.0 Å². The molecule has 0 saturated carbocycles. The maximum atomic E-state index is 12.6. The summed E-state index contributed by atoms with van der Waals surface area (Å²) in [7, 11) is 0.629. The van der Waals surface area contributed by atoms with Gasteiger partial charge in [0.1, 0.15) is 24.9 Å². The first-order valence-electron chi connectivity index (χ1n) is 9.49. The predicted octanol–water partition coefficient (Wildman–Crippen LogP) is 5.60. The van der Waals surface area contributed by atoms with E-state index in [1.54, 1.807) is 18.2 Å². The van der Waals surface area contributed by atoms with E-state index in [2.05, 4.69) is 24.3 Å². The Morgan fingerprint density at radius 1 is 0.815 bits per heavy atom. The summed E-state index contributed by atoms with van der Waals surface area (Å²) in [5.74, 6) is 0.831. The highest BCUT2D eigenvalue weighted by atomic mass is 31.1. The number of carbonyl (C=O) groups is 1. The normalized spacial score (nSPS) is 11.8. The molecule has 2 aromatic carbocycles. The molecule has 0 saturated heterocycles. The van der Waals surface area contributed by atoms with Crippen molar-refractivity contribution in [3.05, 3.63) is 59.7 Å². The van der Waals surface area contributed by atoms with Crippen molar-refractivity contribution in [2.45, 2.75) is 38.5 Å². The van der Waals surface area contributed by atoms with E-state index in [-0.39, 0.29) is 5.52 Å². The number of unbranched alkanes of at least 4 members (excludes halogenated alkanes) is 4. The number of methoxy groups -OCH3 is 2. The Hall–Kier alpha value is -2.06. The standard InChI is InChI=1S/C22H29O4P/c1-25-19-15-11-16-20(26-2)21(19)22(23)27(24)17-10-5-3-4-7-12-18-13-8-6-9-14-18/h6,8-9,11,13-16,27H,3-5,7,10,12,17H2,1-2H3. The Labute approximate surface area is 162 Å². The lowest BCUT2D eigenvalue weighted by Gasteiger charge is -2.11. The lowest BCUT2D eigenvalue weighted by Crippen LogP contribution is -2.03. The molecule has 0 aliphatic heterocycles. The minimum Gasteiger partial charge on any atom is -0.496 e. The van der Waals surface area contributed by atoms with E-state index in [0.717, 1.165) is 38.5 Å². The summed E-state index contributed by atoms with van der Waals surface area (Å²) in [6.07, 6.45) is 6.79. The highest BCUT2D eigenvalue weighted by Gasteiger charge is 2.22. The number of rotatable bonds is 12. The van der Waals surface area contributed by atoms with E-state index in [9.17, 15) is 9.36 Å². The number of benzene rings is 2. The molecule has 0 aliphatic rings. The van der Waals surface area contributed by atoms with Gasteiger partial charge in [-0.25, -0.2) is 0 Å². The molecule has 2 aromatic rings. The fourth-order valence-corrected chi connectivity index (χ4v) is 4.44. The molecule has 0 spiro atoms. The molecule has 0 heterocycles. The van der Waals surface area contributed by atoms with Crippen molar-refractivity contribution in [2.75, 3.05) is 20.4 Å². The van der Waals surface area contributed by atoms with E-state index in [1.807, 2.05) is 6.07 Å². The van der Waals surface area contributed by atoms with Crippen molar-refractivity contribution in [1.82, 2.24) is 0 Å². The van der Waals surface area contributed by atoms with Crippen molar-refractivity contribution in [3.63, 3.8) is 0 Å². The maximum Gasteiger partial charge on any atom is 0.225 e. The van der Waals surface area contributed by atoms with Crippen LogP contribution in [0.15, 0.2) is 48.5 Å². The SMILES string of the molecule is COc1cccc(OC)c1C(=O)[PH](=O)CCCCCCCc1ccccc1. The lowest BCUT2D eigenvalue weighted by atomic mass is 10.1. The number of aryl methyl sites for hydroxylation is 1. The molecule has 0 radical (unpaired) electrons. The first-order chi connectivity index (χ1) is 13.2. The van der Waals surface area contributed by atoms with Gasteiger partial charge in [-0.1, -0.05) is 55.7 Å². The number of hydrogen-bond acceptors (Lipinski definition) is 4. The summed E-state index contributed by atoms with van der Waals surface area (Å²) in [5.41, 5.74) is 1.33. The van der Waals surface area contributed by atoms with Crippen LogP contribution in [-0.4, -0.2) is 25.9 Å². The van der Waals surface area contributed by atoms with Crippen molar-refractivity contribution in [3.8, 4) is 11.5 Å². The van der Waals surface area contributed by atoms with Crippen LogP contribution in [0.25, 0.3) is 0 Å².